The molecule has 2 aromatic heterocycles. The van der Waals surface area contributed by atoms with E-state index in [1.165, 1.54) is 5.56 Å². The van der Waals surface area contributed by atoms with Crippen molar-refractivity contribution in [3.63, 3.8) is 0 Å². The molecule has 0 radical (unpaired) electrons. The minimum atomic E-state index is 0.115. The quantitative estimate of drug-likeness (QED) is 0.774. The number of methoxy groups -OCH3 is 1. The lowest BCUT2D eigenvalue weighted by Gasteiger charge is -2.14. The molecule has 0 aliphatic heterocycles. The molecule has 0 spiro atoms. The van der Waals surface area contributed by atoms with Crippen LogP contribution in [0.15, 0.2) is 35.8 Å². The maximum atomic E-state index is 6.24. The first kappa shape index (κ1) is 14.4. The molecule has 0 saturated heterocycles. The zero-order chi connectivity index (χ0) is 14.8. The van der Waals surface area contributed by atoms with Crippen molar-refractivity contribution in [3.05, 3.63) is 52.3 Å². The van der Waals surface area contributed by atoms with Crippen molar-refractivity contribution in [2.24, 2.45) is 0 Å². The van der Waals surface area contributed by atoms with Crippen LogP contribution >= 0.6 is 22.9 Å². The summed E-state index contributed by atoms with van der Waals surface area (Å²) < 4.78 is 7.20. The maximum absolute atomic E-state index is 6.24. The standard InChI is InChI=1S/C15H16ClN3OS/c1-10(13-14(16)18-15-19(13)7-8-21-15)17-9-11-3-5-12(20-2)6-4-11/h3-8,10,17H,9H2,1-2H3/t10-/m1/s1. The zero-order valence-electron chi connectivity index (χ0n) is 11.8. The Morgan fingerprint density at radius 1 is 1.38 bits per heavy atom. The fourth-order valence-corrected chi connectivity index (χ4v) is 3.38. The summed E-state index contributed by atoms with van der Waals surface area (Å²) in [6.45, 7) is 2.86. The molecule has 0 saturated carbocycles. The van der Waals surface area contributed by atoms with E-state index in [9.17, 15) is 0 Å². The van der Waals surface area contributed by atoms with Gasteiger partial charge in [-0.1, -0.05) is 23.7 Å². The molecule has 0 amide bonds. The highest BCUT2D eigenvalue weighted by Crippen LogP contribution is 2.26. The summed E-state index contributed by atoms with van der Waals surface area (Å²) in [5, 5.41) is 6.06. The second-order valence-corrected chi connectivity index (χ2v) is 6.03. The minimum Gasteiger partial charge on any atom is -0.497 e. The highest BCUT2D eigenvalue weighted by atomic mass is 35.5. The molecule has 3 rings (SSSR count). The van der Waals surface area contributed by atoms with Crippen LogP contribution in [-0.2, 0) is 6.54 Å². The number of ether oxygens (including phenoxy) is 1. The lowest BCUT2D eigenvalue weighted by molar-refractivity contribution is 0.414. The van der Waals surface area contributed by atoms with Crippen LogP contribution in [0.25, 0.3) is 4.96 Å². The van der Waals surface area contributed by atoms with E-state index in [1.54, 1.807) is 18.4 Å². The van der Waals surface area contributed by atoms with Crippen LogP contribution < -0.4 is 10.1 Å². The molecule has 0 bridgehead atoms. The summed E-state index contributed by atoms with van der Waals surface area (Å²) in [7, 11) is 1.67. The summed E-state index contributed by atoms with van der Waals surface area (Å²) in [6.07, 6.45) is 2.00. The molecule has 1 aromatic carbocycles. The van der Waals surface area contributed by atoms with Gasteiger partial charge in [0, 0.05) is 24.2 Å². The lowest BCUT2D eigenvalue weighted by Crippen LogP contribution is -2.19. The lowest BCUT2D eigenvalue weighted by atomic mass is 10.2. The number of rotatable bonds is 5. The molecule has 21 heavy (non-hydrogen) atoms. The van der Waals surface area contributed by atoms with Crippen molar-refractivity contribution < 1.29 is 4.74 Å². The van der Waals surface area contributed by atoms with Crippen LogP contribution in [0.3, 0.4) is 0 Å². The normalized spacial score (nSPS) is 12.7. The van der Waals surface area contributed by atoms with Gasteiger partial charge < -0.3 is 10.1 Å². The minimum absolute atomic E-state index is 0.115. The van der Waals surface area contributed by atoms with Crippen LogP contribution in [0.4, 0.5) is 0 Å². The van der Waals surface area contributed by atoms with Gasteiger partial charge in [0.2, 0.25) is 0 Å². The molecule has 110 valence electrons. The van der Waals surface area contributed by atoms with E-state index >= 15 is 0 Å². The van der Waals surface area contributed by atoms with E-state index in [0.29, 0.717) is 5.15 Å². The molecule has 1 atom stereocenters. The number of fused-ring (bicyclic) bond motifs is 1. The van der Waals surface area contributed by atoms with Crippen molar-refractivity contribution in [1.82, 2.24) is 14.7 Å². The maximum Gasteiger partial charge on any atom is 0.195 e. The van der Waals surface area contributed by atoms with Gasteiger partial charge in [0.25, 0.3) is 0 Å². The Bertz CT molecular complexity index is 735. The first-order valence-electron chi connectivity index (χ1n) is 6.66. The Kier molecular flexibility index (Phi) is 4.14. The summed E-state index contributed by atoms with van der Waals surface area (Å²) in [5.74, 6) is 0.866. The third-order valence-corrected chi connectivity index (χ3v) is 4.47. The van der Waals surface area contributed by atoms with Crippen molar-refractivity contribution >= 4 is 27.9 Å². The van der Waals surface area contributed by atoms with E-state index in [-0.39, 0.29) is 6.04 Å². The Hall–Kier alpha value is -1.56. The average Bonchev–Trinajstić information content (AvgIpc) is 3.05. The van der Waals surface area contributed by atoms with E-state index in [2.05, 4.69) is 29.4 Å². The summed E-state index contributed by atoms with van der Waals surface area (Å²) in [4.78, 5) is 5.29. The highest BCUT2D eigenvalue weighted by Gasteiger charge is 2.17. The van der Waals surface area contributed by atoms with Gasteiger partial charge in [0.1, 0.15) is 5.75 Å². The number of hydrogen-bond acceptors (Lipinski definition) is 4. The van der Waals surface area contributed by atoms with Gasteiger partial charge in [-0.25, -0.2) is 4.98 Å². The van der Waals surface area contributed by atoms with Gasteiger partial charge in [0.15, 0.2) is 10.1 Å². The molecule has 4 nitrogen and oxygen atoms in total. The Morgan fingerprint density at radius 3 is 2.86 bits per heavy atom. The van der Waals surface area contributed by atoms with Crippen LogP contribution in [0.5, 0.6) is 5.75 Å². The molecule has 1 N–H and O–H groups in total. The SMILES string of the molecule is COc1ccc(CN[C@H](C)c2c(Cl)nc3sccn23)cc1. The average molecular weight is 322 g/mol. The van der Waals surface area contributed by atoms with Crippen LogP contribution in [0, 0.1) is 0 Å². The van der Waals surface area contributed by atoms with E-state index in [0.717, 1.165) is 22.9 Å². The number of halogens is 1. The number of nitrogens with one attached hydrogen (secondary N) is 1. The molecule has 0 fully saturated rings. The summed E-state index contributed by atoms with van der Waals surface area (Å²) >= 11 is 7.83. The predicted molar refractivity (Wildman–Crippen MR) is 86.3 cm³/mol. The van der Waals surface area contributed by atoms with Crippen LogP contribution in [-0.4, -0.2) is 16.5 Å². The number of imidazole rings is 1. The molecule has 0 aliphatic carbocycles. The third-order valence-electron chi connectivity index (χ3n) is 3.44. The van der Waals surface area contributed by atoms with Gasteiger partial charge in [-0.2, -0.15) is 0 Å². The molecule has 6 heteroatoms. The molecular formula is C15H16ClN3OS. The topological polar surface area (TPSA) is 38.6 Å². The largest absolute Gasteiger partial charge is 0.497 e. The van der Waals surface area contributed by atoms with Gasteiger partial charge in [-0.3, -0.25) is 4.40 Å². The highest BCUT2D eigenvalue weighted by molar-refractivity contribution is 7.15. The second-order valence-electron chi connectivity index (χ2n) is 4.79. The van der Waals surface area contributed by atoms with Crippen molar-refractivity contribution in [1.29, 1.82) is 0 Å². The predicted octanol–water partition coefficient (Wildman–Crippen LogP) is 3.91. The van der Waals surface area contributed by atoms with Gasteiger partial charge >= 0.3 is 0 Å². The second kappa shape index (κ2) is 6.05. The smallest absolute Gasteiger partial charge is 0.195 e. The van der Waals surface area contributed by atoms with Gasteiger partial charge in [-0.15, -0.1) is 11.3 Å². The van der Waals surface area contributed by atoms with E-state index < -0.39 is 0 Å². The molecule has 0 unspecified atom stereocenters. The van der Waals surface area contributed by atoms with Gasteiger partial charge in [-0.05, 0) is 24.6 Å². The van der Waals surface area contributed by atoms with Crippen molar-refractivity contribution in [3.8, 4) is 5.75 Å². The number of nitrogens with zero attached hydrogens (tertiary/aromatic N) is 2. The molecular weight excluding hydrogens is 306 g/mol. The third kappa shape index (κ3) is 2.90. The Labute approximate surface area is 132 Å². The Balaban J connectivity index is 1.72. The zero-order valence-corrected chi connectivity index (χ0v) is 13.4. The number of benzene rings is 1. The van der Waals surface area contributed by atoms with E-state index in [4.69, 9.17) is 16.3 Å². The number of aromatic nitrogens is 2. The fourth-order valence-electron chi connectivity index (χ4n) is 2.28. The molecule has 2 heterocycles. The number of hydrogen-bond donors (Lipinski definition) is 1. The van der Waals surface area contributed by atoms with Gasteiger partial charge in [0.05, 0.1) is 12.8 Å². The van der Waals surface area contributed by atoms with Crippen LogP contribution in [0.2, 0.25) is 5.15 Å². The first-order chi connectivity index (χ1) is 10.2. The first-order valence-corrected chi connectivity index (χ1v) is 7.92. The summed E-state index contributed by atoms with van der Waals surface area (Å²) in [5.41, 5.74) is 2.20. The van der Waals surface area contributed by atoms with E-state index in [1.807, 2.05) is 28.1 Å². The Morgan fingerprint density at radius 2 is 2.14 bits per heavy atom. The molecule has 0 aliphatic rings. The monoisotopic (exact) mass is 321 g/mol. The van der Waals surface area contributed by atoms with Crippen molar-refractivity contribution in [2.75, 3.05) is 7.11 Å². The summed E-state index contributed by atoms with van der Waals surface area (Å²) in [6, 6.07) is 8.15. The van der Waals surface area contributed by atoms with Crippen molar-refractivity contribution in [2.45, 2.75) is 19.5 Å². The van der Waals surface area contributed by atoms with Crippen LogP contribution in [0.1, 0.15) is 24.2 Å². The fraction of sp³-hybridized carbons (Fsp3) is 0.267. The number of thiazole rings is 1. The molecule has 3 aromatic rings.